The van der Waals surface area contributed by atoms with Crippen LogP contribution in [-0.4, -0.2) is 17.0 Å². The molecule has 2 N–H and O–H groups in total. The smallest absolute Gasteiger partial charge is 0.306 e. The molecule has 1 atom stereocenters. The lowest BCUT2D eigenvalue weighted by molar-refractivity contribution is -0.142. The van der Waals surface area contributed by atoms with Gasteiger partial charge in [-0.1, -0.05) is 6.92 Å². The fourth-order valence-electron chi connectivity index (χ4n) is 0.904. The summed E-state index contributed by atoms with van der Waals surface area (Å²) < 4.78 is 0. The molecule has 0 spiro atoms. The molecular formula is C9H11NO3S. The highest BCUT2D eigenvalue weighted by Gasteiger charge is 2.15. The molecular weight excluding hydrogens is 202 g/mol. The first-order valence-corrected chi connectivity index (χ1v) is 5.03. The summed E-state index contributed by atoms with van der Waals surface area (Å²) >= 11 is 1.41. The molecule has 5 heteroatoms. The number of hydrogen-bond acceptors (Lipinski definition) is 3. The van der Waals surface area contributed by atoms with Crippen LogP contribution in [0.2, 0.25) is 0 Å². The summed E-state index contributed by atoms with van der Waals surface area (Å²) in [6, 6.07) is 3.59. The number of carboxylic acids is 1. The summed E-state index contributed by atoms with van der Waals surface area (Å²) in [6.07, 6.45) is 0.00718. The molecule has 0 radical (unpaired) electrons. The Labute approximate surface area is 85.6 Å². The van der Waals surface area contributed by atoms with Crippen LogP contribution in [0.15, 0.2) is 17.5 Å². The molecule has 1 aromatic rings. The lowest BCUT2D eigenvalue weighted by Gasteiger charge is -2.05. The first-order valence-electron chi connectivity index (χ1n) is 4.15. The Hall–Kier alpha value is -1.36. The van der Waals surface area contributed by atoms with Crippen molar-refractivity contribution in [2.24, 2.45) is 5.92 Å². The number of hydrogen-bond donors (Lipinski definition) is 2. The van der Waals surface area contributed by atoms with E-state index in [1.165, 1.54) is 18.3 Å². The zero-order chi connectivity index (χ0) is 10.6. The van der Waals surface area contributed by atoms with Crippen molar-refractivity contribution >= 4 is 28.2 Å². The van der Waals surface area contributed by atoms with Crippen molar-refractivity contribution in [2.45, 2.75) is 13.3 Å². The Morgan fingerprint density at radius 2 is 2.36 bits per heavy atom. The van der Waals surface area contributed by atoms with Crippen molar-refractivity contribution in [3.8, 4) is 0 Å². The summed E-state index contributed by atoms with van der Waals surface area (Å²) in [5.41, 5.74) is 0. The Morgan fingerprint density at radius 1 is 1.64 bits per heavy atom. The molecule has 0 aromatic carbocycles. The van der Waals surface area contributed by atoms with Gasteiger partial charge in [-0.15, -0.1) is 11.3 Å². The molecule has 76 valence electrons. The van der Waals surface area contributed by atoms with Crippen LogP contribution in [0.5, 0.6) is 0 Å². The van der Waals surface area contributed by atoms with Gasteiger partial charge >= 0.3 is 5.97 Å². The molecule has 0 aliphatic carbocycles. The van der Waals surface area contributed by atoms with Gasteiger partial charge < -0.3 is 10.4 Å². The Balaban J connectivity index is 2.40. The van der Waals surface area contributed by atoms with Gasteiger partial charge in [0.2, 0.25) is 5.91 Å². The second kappa shape index (κ2) is 4.76. The molecule has 0 aliphatic rings. The third-order valence-electron chi connectivity index (χ3n) is 1.70. The monoisotopic (exact) mass is 213 g/mol. The first-order chi connectivity index (χ1) is 6.59. The number of carbonyl (C=O) groups is 2. The van der Waals surface area contributed by atoms with E-state index in [-0.39, 0.29) is 12.3 Å². The van der Waals surface area contributed by atoms with Crippen molar-refractivity contribution in [3.05, 3.63) is 17.5 Å². The van der Waals surface area contributed by atoms with Crippen molar-refractivity contribution in [2.75, 3.05) is 5.32 Å². The van der Waals surface area contributed by atoms with Crippen molar-refractivity contribution in [3.63, 3.8) is 0 Å². The Morgan fingerprint density at radius 3 is 2.86 bits per heavy atom. The predicted molar refractivity (Wildman–Crippen MR) is 54.4 cm³/mol. The maximum absolute atomic E-state index is 11.3. The normalized spacial score (nSPS) is 12.1. The van der Waals surface area contributed by atoms with Crippen LogP contribution in [-0.2, 0) is 9.59 Å². The lowest BCUT2D eigenvalue weighted by atomic mass is 10.1. The quantitative estimate of drug-likeness (QED) is 0.801. The minimum Gasteiger partial charge on any atom is -0.481 e. The number of carboxylic acid groups (broad SMARTS) is 1. The second-order valence-corrected chi connectivity index (χ2v) is 3.92. The third kappa shape index (κ3) is 3.18. The van der Waals surface area contributed by atoms with Crippen LogP contribution in [0.4, 0.5) is 5.00 Å². The van der Waals surface area contributed by atoms with Gasteiger partial charge in [-0.05, 0) is 17.5 Å². The summed E-state index contributed by atoms with van der Waals surface area (Å²) in [7, 11) is 0. The van der Waals surface area contributed by atoms with Gasteiger partial charge in [0, 0.05) is 6.42 Å². The maximum atomic E-state index is 11.3. The summed E-state index contributed by atoms with van der Waals surface area (Å²) in [5.74, 6) is -1.86. The zero-order valence-corrected chi connectivity index (χ0v) is 8.50. The Kier molecular flexibility index (Phi) is 3.64. The average molecular weight is 213 g/mol. The van der Waals surface area contributed by atoms with E-state index >= 15 is 0 Å². The SMILES string of the molecule is CC(CC(=O)Nc1cccs1)C(=O)O. The standard InChI is InChI=1S/C9H11NO3S/c1-6(9(12)13)5-7(11)10-8-3-2-4-14-8/h2-4,6H,5H2,1H3,(H,10,11)(H,12,13). The fourth-order valence-corrected chi connectivity index (χ4v) is 1.54. The van der Waals surface area contributed by atoms with Crippen LogP contribution in [0, 0.1) is 5.92 Å². The highest BCUT2D eigenvalue weighted by molar-refractivity contribution is 7.14. The van der Waals surface area contributed by atoms with E-state index in [4.69, 9.17) is 5.11 Å². The van der Waals surface area contributed by atoms with Crippen molar-refractivity contribution < 1.29 is 14.7 Å². The molecule has 1 unspecified atom stereocenters. The molecule has 0 saturated carbocycles. The largest absolute Gasteiger partial charge is 0.481 e. The van der Waals surface area contributed by atoms with Crippen LogP contribution in [0.1, 0.15) is 13.3 Å². The number of rotatable bonds is 4. The minimum atomic E-state index is -0.952. The van der Waals surface area contributed by atoms with E-state index in [2.05, 4.69) is 5.32 Å². The predicted octanol–water partition coefficient (Wildman–Crippen LogP) is 1.80. The second-order valence-electron chi connectivity index (χ2n) is 2.97. The molecule has 0 bridgehead atoms. The molecule has 1 heterocycles. The van der Waals surface area contributed by atoms with Crippen LogP contribution >= 0.6 is 11.3 Å². The maximum Gasteiger partial charge on any atom is 0.306 e. The van der Waals surface area contributed by atoms with Gasteiger partial charge in [-0.25, -0.2) is 0 Å². The van der Waals surface area contributed by atoms with E-state index in [1.807, 2.05) is 11.4 Å². The number of carbonyl (C=O) groups excluding carboxylic acids is 1. The van der Waals surface area contributed by atoms with Crippen molar-refractivity contribution in [1.29, 1.82) is 0 Å². The van der Waals surface area contributed by atoms with Crippen LogP contribution in [0.25, 0.3) is 0 Å². The number of nitrogens with one attached hydrogen (secondary N) is 1. The molecule has 0 saturated heterocycles. The highest BCUT2D eigenvalue weighted by atomic mass is 32.1. The van der Waals surface area contributed by atoms with Gasteiger partial charge in [-0.2, -0.15) is 0 Å². The van der Waals surface area contributed by atoms with Gasteiger partial charge in [-0.3, -0.25) is 9.59 Å². The Bertz CT molecular complexity index is 321. The highest BCUT2D eigenvalue weighted by Crippen LogP contribution is 2.15. The van der Waals surface area contributed by atoms with E-state index in [0.29, 0.717) is 0 Å². The molecule has 1 rings (SSSR count). The van der Waals surface area contributed by atoms with Gasteiger partial charge in [0.15, 0.2) is 0 Å². The molecule has 1 aromatic heterocycles. The van der Waals surface area contributed by atoms with E-state index in [9.17, 15) is 9.59 Å². The van der Waals surface area contributed by atoms with Crippen molar-refractivity contribution in [1.82, 2.24) is 0 Å². The lowest BCUT2D eigenvalue weighted by Crippen LogP contribution is -2.19. The molecule has 14 heavy (non-hydrogen) atoms. The van der Waals surface area contributed by atoms with Crippen LogP contribution < -0.4 is 5.32 Å². The number of thiophene rings is 1. The average Bonchev–Trinajstić information content (AvgIpc) is 2.56. The molecule has 4 nitrogen and oxygen atoms in total. The zero-order valence-electron chi connectivity index (χ0n) is 7.69. The minimum absolute atomic E-state index is 0.00718. The van der Waals surface area contributed by atoms with E-state index in [1.54, 1.807) is 6.07 Å². The number of aliphatic carboxylic acids is 1. The van der Waals surface area contributed by atoms with E-state index in [0.717, 1.165) is 5.00 Å². The van der Waals surface area contributed by atoms with Gasteiger partial charge in [0.05, 0.1) is 10.9 Å². The van der Waals surface area contributed by atoms with Gasteiger partial charge in [0.25, 0.3) is 0 Å². The third-order valence-corrected chi connectivity index (χ3v) is 2.48. The molecule has 0 fully saturated rings. The summed E-state index contributed by atoms with van der Waals surface area (Å²) in [4.78, 5) is 21.7. The number of amides is 1. The van der Waals surface area contributed by atoms with Gasteiger partial charge in [0.1, 0.15) is 0 Å². The first kappa shape index (κ1) is 10.7. The molecule has 0 aliphatic heterocycles. The molecule has 1 amide bonds. The summed E-state index contributed by atoms with van der Waals surface area (Å²) in [6.45, 7) is 1.51. The topological polar surface area (TPSA) is 66.4 Å². The van der Waals surface area contributed by atoms with E-state index < -0.39 is 11.9 Å². The number of anilines is 1. The summed E-state index contributed by atoms with van der Waals surface area (Å²) in [5, 5.41) is 13.8. The fraction of sp³-hybridized carbons (Fsp3) is 0.333. The van der Waals surface area contributed by atoms with Crippen LogP contribution in [0.3, 0.4) is 0 Å².